The minimum atomic E-state index is -0.261. The Hall–Kier alpha value is -2.63. The summed E-state index contributed by atoms with van der Waals surface area (Å²) >= 11 is 12.2. The summed E-state index contributed by atoms with van der Waals surface area (Å²) in [5.74, 6) is 0.390. The summed E-state index contributed by atoms with van der Waals surface area (Å²) < 4.78 is 0. The van der Waals surface area contributed by atoms with Crippen molar-refractivity contribution in [1.82, 2.24) is 10.3 Å². The third kappa shape index (κ3) is 7.53. The van der Waals surface area contributed by atoms with E-state index in [1.165, 1.54) is 5.57 Å². The number of aliphatic imine (C=N–C) groups is 1. The van der Waals surface area contributed by atoms with Gasteiger partial charge in [0.1, 0.15) is 5.84 Å². The summed E-state index contributed by atoms with van der Waals surface area (Å²) in [6.07, 6.45) is 10.1. The van der Waals surface area contributed by atoms with E-state index in [0.29, 0.717) is 39.3 Å². The summed E-state index contributed by atoms with van der Waals surface area (Å²) in [4.78, 5) is 17.8. The van der Waals surface area contributed by atoms with Crippen molar-refractivity contribution < 1.29 is 4.79 Å². The predicted octanol–water partition coefficient (Wildman–Crippen LogP) is 6.93. The number of rotatable bonds is 6. The monoisotopic (exact) mass is 458 g/mol. The van der Waals surface area contributed by atoms with E-state index in [2.05, 4.69) is 17.3 Å². The number of allylic oxidation sites excluding steroid dienone is 6. The minimum absolute atomic E-state index is 0.261. The molecule has 2 rings (SSSR count). The number of hydrogen-bond acceptors (Lipinski definition) is 3. The van der Waals surface area contributed by atoms with Gasteiger partial charge in [0.05, 0.1) is 11.3 Å². The molecule has 164 valence electrons. The van der Waals surface area contributed by atoms with Gasteiger partial charge in [0.15, 0.2) is 0 Å². The van der Waals surface area contributed by atoms with Gasteiger partial charge < -0.3 is 5.32 Å². The number of carbonyl (C=O) groups excluding carboxylic acids is 1. The van der Waals surface area contributed by atoms with Crippen molar-refractivity contribution in [2.45, 2.75) is 47.5 Å². The van der Waals surface area contributed by atoms with Crippen LogP contribution in [0.3, 0.4) is 0 Å². The number of amides is 1. The standard InChI is InChI=1S/C24H28Cl2N4O/c1-6-16(3)15-30(27-7-2)18(5)28-23-11-8-17(4)12-22(23)24(31)29-21-10-9-19(25)13-20(26)14-21/h7-13,15H,6,14H2,1-5H3,(H,29,31)/b16-15-,27-7-,28-18?. The van der Waals surface area contributed by atoms with E-state index >= 15 is 0 Å². The Balaban J connectivity index is 2.38. The lowest BCUT2D eigenvalue weighted by atomic mass is 10.1. The average Bonchev–Trinajstić information content (AvgIpc) is 2.88. The zero-order valence-electron chi connectivity index (χ0n) is 18.5. The minimum Gasteiger partial charge on any atom is -0.325 e. The maximum Gasteiger partial charge on any atom is 0.257 e. The maximum absolute atomic E-state index is 13.1. The van der Waals surface area contributed by atoms with Crippen molar-refractivity contribution >= 4 is 46.8 Å². The van der Waals surface area contributed by atoms with E-state index in [1.807, 2.05) is 52.1 Å². The van der Waals surface area contributed by atoms with Gasteiger partial charge >= 0.3 is 0 Å². The molecule has 0 heterocycles. The fraction of sp³-hybridized carbons (Fsp3) is 0.292. The second-order valence-electron chi connectivity index (χ2n) is 7.19. The van der Waals surface area contributed by atoms with Gasteiger partial charge in [-0.1, -0.05) is 47.3 Å². The van der Waals surface area contributed by atoms with Crippen LogP contribution in [0.25, 0.3) is 0 Å². The Morgan fingerprint density at radius 2 is 2.00 bits per heavy atom. The first-order valence-electron chi connectivity index (χ1n) is 10.1. The number of nitrogens with one attached hydrogen (secondary N) is 1. The van der Waals surface area contributed by atoms with Crippen molar-refractivity contribution in [3.8, 4) is 0 Å². The van der Waals surface area contributed by atoms with Gasteiger partial charge in [-0.3, -0.25) is 4.79 Å². The number of halogens is 2. The number of aryl methyl sites for hydroxylation is 1. The first-order valence-corrected chi connectivity index (χ1v) is 10.8. The molecule has 1 aliphatic carbocycles. The lowest BCUT2D eigenvalue weighted by Gasteiger charge is -2.16. The molecule has 1 aromatic carbocycles. The van der Waals surface area contributed by atoms with Crippen molar-refractivity contribution in [2.75, 3.05) is 0 Å². The highest BCUT2D eigenvalue weighted by atomic mass is 35.5. The molecule has 0 atom stereocenters. The SMILES string of the molecule is C/C=N\N(/C=C(/C)CC)C(C)=Nc1ccc(C)cc1C(=O)NC1=CC=C(Cl)C=C(Cl)C1. The lowest BCUT2D eigenvalue weighted by Crippen LogP contribution is -2.23. The lowest BCUT2D eigenvalue weighted by molar-refractivity contribution is 0.0966. The van der Waals surface area contributed by atoms with Gasteiger partial charge in [0, 0.05) is 34.6 Å². The molecule has 1 N–H and O–H groups in total. The average molecular weight is 459 g/mol. The summed E-state index contributed by atoms with van der Waals surface area (Å²) in [5, 5.41) is 10.1. The molecule has 1 amide bonds. The van der Waals surface area contributed by atoms with Crippen LogP contribution in [0.2, 0.25) is 0 Å². The molecule has 7 heteroatoms. The van der Waals surface area contributed by atoms with Crippen molar-refractivity contribution in [3.63, 3.8) is 0 Å². The molecule has 31 heavy (non-hydrogen) atoms. The molecule has 0 saturated carbocycles. The summed E-state index contributed by atoms with van der Waals surface area (Å²) in [6, 6.07) is 5.58. The van der Waals surface area contributed by atoms with E-state index in [1.54, 1.807) is 29.5 Å². The van der Waals surface area contributed by atoms with E-state index in [9.17, 15) is 4.79 Å². The second-order valence-corrected chi connectivity index (χ2v) is 8.11. The predicted molar refractivity (Wildman–Crippen MR) is 132 cm³/mol. The molecule has 0 fully saturated rings. The molecule has 0 radical (unpaired) electrons. The fourth-order valence-corrected chi connectivity index (χ4v) is 3.27. The molecule has 0 unspecified atom stereocenters. The molecule has 1 aromatic rings. The van der Waals surface area contributed by atoms with Crippen LogP contribution >= 0.6 is 23.2 Å². The number of amidine groups is 1. The van der Waals surface area contributed by atoms with Gasteiger partial charge in [-0.2, -0.15) is 5.10 Å². The Morgan fingerprint density at radius 1 is 1.26 bits per heavy atom. The topological polar surface area (TPSA) is 57.1 Å². The van der Waals surface area contributed by atoms with Crippen molar-refractivity contribution in [2.24, 2.45) is 10.1 Å². The zero-order chi connectivity index (χ0) is 23.0. The molecule has 0 saturated heterocycles. The molecular weight excluding hydrogens is 431 g/mol. The number of carbonyl (C=O) groups is 1. The quantitative estimate of drug-likeness (QED) is 0.285. The smallest absolute Gasteiger partial charge is 0.257 e. The van der Waals surface area contributed by atoms with Crippen LogP contribution in [0.15, 0.2) is 74.1 Å². The normalized spacial score (nSPS) is 15.3. The van der Waals surface area contributed by atoms with Crippen molar-refractivity contribution in [1.29, 1.82) is 0 Å². The van der Waals surface area contributed by atoms with Crippen LogP contribution in [-0.4, -0.2) is 23.0 Å². The van der Waals surface area contributed by atoms with Crippen LogP contribution in [0.5, 0.6) is 0 Å². The molecule has 1 aliphatic rings. The molecule has 0 spiro atoms. The third-order valence-corrected chi connectivity index (χ3v) is 5.00. The van der Waals surface area contributed by atoms with E-state index < -0.39 is 0 Å². The highest BCUT2D eigenvalue weighted by Gasteiger charge is 2.15. The molecule has 0 aromatic heterocycles. The molecule has 5 nitrogen and oxygen atoms in total. The number of benzene rings is 1. The Morgan fingerprint density at radius 3 is 2.68 bits per heavy atom. The van der Waals surface area contributed by atoms with Crippen LogP contribution in [0.1, 0.15) is 56.5 Å². The van der Waals surface area contributed by atoms with Crippen molar-refractivity contribution in [3.05, 3.63) is 75.1 Å². The Bertz CT molecular complexity index is 1020. The summed E-state index contributed by atoms with van der Waals surface area (Å²) in [6.45, 7) is 9.77. The van der Waals surface area contributed by atoms with E-state index in [-0.39, 0.29) is 5.91 Å². The van der Waals surface area contributed by atoms with Gasteiger partial charge in [0.2, 0.25) is 0 Å². The zero-order valence-corrected chi connectivity index (χ0v) is 20.1. The Labute approximate surface area is 194 Å². The fourth-order valence-electron chi connectivity index (χ4n) is 2.76. The largest absolute Gasteiger partial charge is 0.325 e. The number of nitrogens with zero attached hydrogens (tertiary/aromatic N) is 3. The van der Waals surface area contributed by atoms with Gasteiger partial charge in [-0.15, -0.1) is 0 Å². The number of hydrogen-bond donors (Lipinski definition) is 1. The maximum atomic E-state index is 13.1. The molecular formula is C24H28Cl2N4O. The van der Waals surface area contributed by atoms with Gasteiger partial charge in [-0.05, 0) is 64.5 Å². The highest BCUT2D eigenvalue weighted by Crippen LogP contribution is 2.25. The second kappa shape index (κ2) is 11.7. The van der Waals surface area contributed by atoms with Crippen LogP contribution in [0.4, 0.5) is 5.69 Å². The van der Waals surface area contributed by atoms with Crippen LogP contribution in [0, 0.1) is 6.92 Å². The first-order chi connectivity index (χ1) is 14.7. The number of hydrazone groups is 1. The molecule has 0 bridgehead atoms. The Kier molecular flexibility index (Phi) is 9.28. The summed E-state index contributed by atoms with van der Waals surface area (Å²) in [7, 11) is 0. The van der Waals surface area contributed by atoms with Crippen LogP contribution in [-0.2, 0) is 0 Å². The van der Waals surface area contributed by atoms with E-state index in [0.717, 1.165) is 12.0 Å². The van der Waals surface area contributed by atoms with E-state index in [4.69, 9.17) is 28.2 Å². The third-order valence-electron chi connectivity index (χ3n) is 4.52. The summed E-state index contributed by atoms with van der Waals surface area (Å²) in [5.41, 5.74) is 3.82. The van der Waals surface area contributed by atoms with Crippen LogP contribution < -0.4 is 5.32 Å². The molecule has 0 aliphatic heterocycles. The first kappa shape index (κ1) is 24.6. The highest BCUT2D eigenvalue weighted by molar-refractivity contribution is 6.34. The van der Waals surface area contributed by atoms with Gasteiger partial charge in [0.25, 0.3) is 5.91 Å². The van der Waals surface area contributed by atoms with Gasteiger partial charge in [-0.25, -0.2) is 10.0 Å².